The Morgan fingerprint density at radius 3 is 2.94 bits per heavy atom. The van der Waals surface area contributed by atoms with Gasteiger partial charge in [-0.15, -0.1) is 0 Å². The van der Waals surface area contributed by atoms with E-state index in [1.54, 1.807) is 0 Å². The summed E-state index contributed by atoms with van der Waals surface area (Å²) in [5.74, 6) is -1.53. The second-order valence-corrected chi connectivity index (χ2v) is 4.34. The summed E-state index contributed by atoms with van der Waals surface area (Å²) in [6.07, 6.45) is -0.419. The molecule has 0 aromatic carbocycles. The van der Waals surface area contributed by atoms with Gasteiger partial charge in [-0.25, -0.2) is 0 Å². The molecule has 7 heteroatoms. The normalized spacial score (nSPS) is 22.4. The Balaban J connectivity index is 2.27. The van der Waals surface area contributed by atoms with E-state index in [1.807, 2.05) is 0 Å². The van der Waals surface area contributed by atoms with Gasteiger partial charge in [0, 0.05) is 19.6 Å². The number of ether oxygens (including phenoxy) is 1. The molecule has 0 saturated carbocycles. The number of morpholine rings is 1. The van der Waals surface area contributed by atoms with Gasteiger partial charge in [-0.3, -0.25) is 14.5 Å². The summed E-state index contributed by atoms with van der Waals surface area (Å²) in [6.45, 7) is 5.71. The minimum Gasteiger partial charge on any atom is -0.481 e. The molecule has 0 aliphatic carbocycles. The van der Waals surface area contributed by atoms with E-state index in [-0.39, 0.29) is 12.5 Å². The SMILES string of the molecule is CCN1CCOC(CNC(=O)C(N)CC(=O)O)C1. The summed E-state index contributed by atoms with van der Waals surface area (Å²) in [6, 6.07) is -1.01. The van der Waals surface area contributed by atoms with Crippen molar-refractivity contribution in [3.05, 3.63) is 0 Å². The van der Waals surface area contributed by atoms with Gasteiger partial charge < -0.3 is 20.9 Å². The van der Waals surface area contributed by atoms with Crippen molar-refractivity contribution in [2.24, 2.45) is 5.73 Å². The molecule has 2 atom stereocenters. The van der Waals surface area contributed by atoms with Gasteiger partial charge in [0.2, 0.25) is 5.91 Å². The summed E-state index contributed by atoms with van der Waals surface area (Å²) in [5.41, 5.74) is 5.44. The number of carbonyl (C=O) groups is 2. The first-order valence-electron chi connectivity index (χ1n) is 6.12. The quantitative estimate of drug-likeness (QED) is 0.543. The molecule has 1 amide bonds. The Kier molecular flexibility index (Phi) is 6.03. The van der Waals surface area contributed by atoms with Crippen LogP contribution in [0, 0.1) is 0 Å². The third-order valence-electron chi connectivity index (χ3n) is 2.91. The van der Waals surface area contributed by atoms with Crippen LogP contribution in [0.15, 0.2) is 0 Å². The molecule has 1 rings (SSSR count). The molecule has 0 aromatic rings. The predicted molar refractivity (Wildman–Crippen MR) is 65.1 cm³/mol. The lowest BCUT2D eigenvalue weighted by atomic mass is 10.2. The lowest BCUT2D eigenvalue weighted by Crippen LogP contribution is -2.50. The van der Waals surface area contributed by atoms with Crippen molar-refractivity contribution in [3.63, 3.8) is 0 Å². The van der Waals surface area contributed by atoms with Crippen LogP contribution in [0.4, 0.5) is 0 Å². The molecule has 1 aliphatic rings. The van der Waals surface area contributed by atoms with Crippen LogP contribution in [-0.2, 0) is 14.3 Å². The minimum atomic E-state index is -1.08. The van der Waals surface area contributed by atoms with Gasteiger partial charge in [-0.1, -0.05) is 6.92 Å². The van der Waals surface area contributed by atoms with Crippen molar-refractivity contribution in [1.29, 1.82) is 0 Å². The minimum absolute atomic E-state index is 0.0559. The molecule has 0 bridgehead atoms. The summed E-state index contributed by atoms with van der Waals surface area (Å²) in [7, 11) is 0. The van der Waals surface area contributed by atoms with E-state index in [0.717, 1.165) is 19.6 Å². The number of likely N-dealkylation sites (N-methyl/N-ethyl adjacent to an activating group) is 1. The van der Waals surface area contributed by atoms with Crippen molar-refractivity contribution in [2.45, 2.75) is 25.5 Å². The van der Waals surface area contributed by atoms with Gasteiger partial charge in [0.25, 0.3) is 0 Å². The molecule has 7 nitrogen and oxygen atoms in total. The van der Waals surface area contributed by atoms with E-state index in [0.29, 0.717) is 13.2 Å². The highest BCUT2D eigenvalue weighted by atomic mass is 16.5. The number of aliphatic carboxylic acids is 1. The fourth-order valence-electron chi connectivity index (χ4n) is 1.82. The Hall–Kier alpha value is -1.18. The van der Waals surface area contributed by atoms with E-state index in [4.69, 9.17) is 15.6 Å². The molecular formula is C11H21N3O4. The largest absolute Gasteiger partial charge is 0.481 e. The van der Waals surface area contributed by atoms with Crippen LogP contribution in [0.5, 0.6) is 0 Å². The fourth-order valence-corrected chi connectivity index (χ4v) is 1.82. The second-order valence-electron chi connectivity index (χ2n) is 4.34. The van der Waals surface area contributed by atoms with Crippen LogP contribution >= 0.6 is 0 Å². The monoisotopic (exact) mass is 259 g/mol. The van der Waals surface area contributed by atoms with Crippen molar-refractivity contribution in [3.8, 4) is 0 Å². The number of nitrogens with zero attached hydrogens (tertiary/aromatic N) is 1. The lowest BCUT2D eigenvalue weighted by Gasteiger charge is -2.32. The highest BCUT2D eigenvalue weighted by molar-refractivity contribution is 5.85. The number of hydrogen-bond acceptors (Lipinski definition) is 5. The molecule has 1 heterocycles. The van der Waals surface area contributed by atoms with Gasteiger partial charge in [-0.05, 0) is 6.54 Å². The third kappa shape index (κ3) is 4.99. The van der Waals surface area contributed by atoms with Crippen LogP contribution in [0.1, 0.15) is 13.3 Å². The highest BCUT2D eigenvalue weighted by Crippen LogP contribution is 2.03. The summed E-state index contributed by atoms with van der Waals surface area (Å²) >= 11 is 0. The Bertz CT molecular complexity index is 298. The van der Waals surface area contributed by atoms with Crippen LogP contribution in [0.25, 0.3) is 0 Å². The molecular weight excluding hydrogens is 238 g/mol. The molecule has 104 valence electrons. The van der Waals surface area contributed by atoms with Gasteiger partial charge in [-0.2, -0.15) is 0 Å². The average molecular weight is 259 g/mol. The first-order valence-corrected chi connectivity index (χ1v) is 6.12. The number of carboxylic acids is 1. The van der Waals surface area contributed by atoms with E-state index >= 15 is 0 Å². The molecule has 2 unspecified atom stereocenters. The molecule has 0 radical (unpaired) electrons. The van der Waals surface area contributed by atoms with Crippen molar-refractivity contribution < 1.29 is 19.4 Å². The van der Waals surface area contributed by atoms with Gasteiger partial charge in [0.15, 0.2) is 0 Å². The van der Waals surface area contributed by atoms with Crippen molar-refractivity contribution in [2.75, 3.05) is 32.8 Å². The smallest absolute Gasteiger partial charge is 0.305 e. The summed E-state index contributed by atoms with van der Waals surface area (Å²) in [5, 5.41) is 11.1. The standard InChI is InChI=1S/C11H21N3O4/c1-2-14-3-4-18-8(7-14)6-13-11(17)9(12)5-10(15)16/h8-9H,2-7,12H2,1H3,(H,13,17)(H,15,16). The molecule has 0 spiro atoms. The first kappa shape index (κ1) is 14.9. The zero-order valence-electron chi connectivity index (χ0n) is 10.6. The van der Waals surface area contributed by atoms with Crippen LogP contribution in [0.2, 0.25) is 0 Å². The Labute approximate surface area is 106 Å². The second kappa shape index (κ2) is 7.30. The zero-order valence-corrected chi connectivity index (χ0v) is 10.6. The van der Waals surface area contributed by atoms with E-state index in [9.17, 15) is 9.59 Å². The number of rotatable bonds is 6. The fraction of sp³-hybridized carbons (Fsp3) is 0.818. The number of nitrogens with one attached hydrogen (secondary N) is 1. The predicted octanol–water partition coefficient (Wildman–Crippen LogP) is -1.37. The first-order chi connectivity index (χ1) is 8.52. The van der Waals surface area contributed by atoms with Crippen LogP contribution < -0.4 is 11.1 Å². The van der Waals surface area contributed by atoms with E-state index < -0.39 is 17.9 Å². The van der Waals surface area contributed by atoms with Crippen molar-refractivity contribution in [1.82, 2.24) is 10.2 Å². The topological polar surface area (TPSA) is 105 Å². The number of carboxylic acid groups (broad SMARTS) is 1. The number of hydrogen-bond donors (Lipinski definition) is 3. The van der Waals surface area contributed by atoms with E-state index in [1.165, 1.54) is 0 Å². The van der Waals surface area contributed by atoms with Crippen molar-refractivity contribution >= 4 is 11.9 Å². The Morgan fingerprint density at radius 1 is 1.61 bits per heavy atom. The van der Waals surface area contributed by atoms with E-state index in [2.05, 4.69) is 17.1 Å². The van der Waals surface area contributed by atoms with Gasteiger partial charge >= 0.3 is 5.97 Å². The highest BCUT2D eigenvalue weighted by Gasteiger charge is 2.22. The molecule has 1 saturated heterocycles. The van der Waals surface area contributed by atoms with Gasteiger partial charge in [0.05, 0.1) is 25.2 Å². The molecule has 1 aliphatic heterocycles. The van der Waals surface area contributed by atoms with Gasteiger partial charge in [0.1, 0.15) is 0 Å². The number of nitrogens with two attached hydrogens (primary N) is 1. The third-order valence-corrected chi connectivity index (χ3v) is 2.91. The molecule has 18 heavy (non-hydrogen) atoms. The maximum atomic E-state index is 11.5. The number of amides is 1. The number of carbonyl (C=O) groups excluding carboxylic acids is 1. The maximum absolute atomic E-state index is 11.5. The zero-order chi connectivity index (χ0) is 13.5. The maximum Gasteiger partial charge on any atom is 0.305 e. The lowest BCUT2D eigenvalue weighted by molar-refractivity contribution is -0.139. The van der Waals surface area contributed by atoms with Crippen LogP contribution in [-0.4, -0.2) is 66.8 Å². The molecule has 0 aromatic heterocycles. The average Bonchev–Trinajstić information content (AvgIpc) is 2.35. The Morgan fingerprint density at radius 2 is 2.33 bits per heavy atom. The summed E-state index contributed by atoms with van der Waals surface area (Å²) < 4.78 is 5.51. The molecule has 4 N–H and O–H groups in total. The van der Waals surface area contributed by atoms with Crippen LogP contribution in [0.3, 0.4) is 0 Å². The molecule has 1 fully saturated rings. The summed E-state index contributed by atoms with van der Waals surface area (Å²) in [4.78, 5) is 24.1.